The third-order valence-corrected chi connectivity index (χ3v) is 2.76. The van der Waals surface area contributed by atoms with Crippen LogP contribution in [0.25, 0.3) is 0 Å². The predicted octanol–water partition coefficient (Wildman–Crippen LogP) is 5.14. The Hall–Kier alpha value is -1.89. The molecular formula is C20H30N2. The average molecular weight is 298 g/mol. The van der Waals surface area contributed by atoms with Gasteiger partial charge in [-0.05, 0) is 37.1 Å². The van der Waals surface area contributed by atoms with Crippen LogP contribution in [0.1, 0.15) is 39.5 Å². The lowest BCUT2D eigenvalue weighted by Crippen LogP contribution is -2.15. The van der Waals surface area contributed by atoms with Crippen molar-refractivity contribution in [2.75, 3.05) is 13.2 Å². The van der Waals surface area contributed by atoms with E-state index in [-0.39, 0.29) is 0 Å². The lowest BCUT2D eigenvalue weighted by atomic mass is 10.2. The van der Waals surface area contributed by atoms with E-state index in [1.54, 1.807) is 6.08 Å². The molecule has 0 aliphatic carbocycles. The first-order valence-electron chi connectivity index (χ1n) is 8.12. The van der Waals surface area contributed by atoms with Crippen LogP contribution in [0.4, 0.5) is 0 Å². The largest absolute Gasteiger partial charge is 0.298 e. The Morgan fingerprint density at radius 2 is 2.00 bits per heavy atom. The molecule has 0 saturated carbocycles. The van der Waals surface area contributed by atoms with Gasteiger partial charge in [-0.15, -0.1) is 5.73 Å². The summed E-state index contributed by atoms with van der Waals surface area (Å²) in [5.74, 6) is 0. The van der Waals surface area contributed by atoms with Crippen LogP contribution in [0.3, 0.4) is 0 Å². The number of aliphatic imine (C=N–C) groups is 1. The van der Waals surface area contributed by atoms with Gasteiger partial charge in [0, 0.05) is 6.21 Å². The van der Waals surface area contributed by atoms with E-state index in [0.29, 0.717) is 6.67 Å². The van der Waals surface area contributed by atoms with E-state index in [0.717, 1.165) is 18.5 Å². The molecule has 0 aromatic carbocycles. The number of rotatable bonds is 12. The van der Waals surface area contributed by atoms with Gasteiger partial charge in [-0.3, -0.25) is 10.3 Å². The molecule has 0 radical (unpaired) electrons. The van der Waals surface area contributed by atoms with Crippen LogP contribution in [0.15, 0.2) is 71.5 Å². The van der Waals surface area contributed by atoms with Crippen molar-refractivity contribution in [3.8, 4) is 0 Å². The van der Waals surface area contributed by atoms with Gasteiger partial charge in [0.25, 0.3) is 0 Å². The summed E-state index contributed by atoms with van der Waals surface area (Å²) >= 11 is 0. The van der Waals surface area contributed by atoms with Crippen LogP contribution < -0.4 is 5.32 Å². The van der Waals surface area contributed by atoms with Crippen molar-refractivity contribution in [2.45, 2.75) is 39.5 Å². The molecule has 22 heavy (non-hydrogen) atoms. The summed E-state index contributed by atoms with van der Waals surface area (Å²) in [5, 5.41) is 3.31. The Morgan fingerprint density at radius 1 is 1.18 bits per heavy atom. The highest BCUT2D eigenvalue weighted by atomic mass is 15.0. The maximum atomic E-state index is 4.37. The smallest absolute Gasteiger partial charge is 0.0884 e. The van der Waals surface area contributed by atoms with Crippen LogP contribution in [0.5, 0.6) is 0 Å². The molecule has 0 aromatic heterocycles. The summed E-state index contributed by atoms with van der Waals surface area (Å²) < 4.78 is 0. The first-order valence-corrected chi connectivity index (χ1v) is 8.12. The summed E-state index contributed by atoms with van der Waals surface area (Å²) in [5.41, 5.74) is 4.10. The van der Waals surface area contributed by atoms with Crippen LogP contribution in [0, 0.1) is 0 Å². The molecule has 0 fully saturated rings. The second-order valence-corrected chi connectivity index (χ2v) is 4.77. The second kappa shape index (κ2) is 17.2. The molecule has 0 aliphatic rings. The van der Waals surface area contributed by atoms with E-state index < -0.39 is 0 Å². The maximum Gasteiger partial charge on any atom is 0.0884 e. The molecule has 0 aliphatic heterocycles. The number of unbranched alkanes of at least 4 members (excludes halogenated alkanes) is 2. The summed E-state index contributed by atoms with van der Waals surface area (Å²) in [6, 6.07) is 0. The highest BCUT2D eigenvalue weighted by Crippen LogP contribution is 1.95. The Kier molecular flexibility index (Phi) is 15.7. The molecule has 0 bridgehead atoms. The van der Waals surface area contributed by atoms with Gasteiger partial charge < -0.3 is 0 Å². The van der Waals surface area contributed by atoms with E-state index in [2.05, 4.69) is 42.5 Å². The highest BCUT2D eigenvalue weighted by molar-refractivity contribution is 5.82. The van der Waals surface area contributed by atoms with Gasteiger partial charge in [0.05, 0.1) is 6.67 Å². The van der Waals surface area contributed by atoms with E-state index in [9.17, 15) is 0 Å². The van der Waals surface area contributed by atoms with Crippen molar-refractivity contribution >= 4 is 6.21 Å². The van der Waals surface area contributed by atoms with Crippen LogP contribution >= 0.6 is 0 Å². The molecule has 0 rings (SSSR count). The first kappa shape index (κ1) is 20.1. The fraction of sp³-hybridized carbons (Fsp3) is 0.400. The van der Waals surface area contributed by atoms with E-state index >= 15 is 0 Å². The van der Waals surface area contributed by atoms with E-state index in [1.807, 2.05) is 42.7 Å². The SMILES string of the molecule is C=C/C=C(C=NCNCCCCC)/C=C/C=C=C/C=C\CC. The minimum absolute atomic E-state index is 0.656. The van der Waals surface area contributed by atoms with Crippen molar-refractivity contribution in [2.24, 2.45) is 4.99 Å². The number of hydrogen-bond acceptors (Lipinski definition) is 2. The Bertz CT molecular complexity index is 444. The maximum absolute atomic E-state index is 4.37. The van der Waals surface area contributed by atoms with Gasteiger partial charge in [-0.25, -0.2) is 0 Å². The van der Waals surface area contributed by atoms with Crippen LogP contribution in [-0.4, -0.2) is 19.4 Å². The van der Waals surface area contributed by atoms with Crippen molar-refractivity contribution in [3.05, 3.63) is 66.5 Å². The monoisotopic (exact) mass is 298 g/mol. The number of allylic oxidation sites excluding steroid dienone is 8. The van der Waals surface area contributed by atoms with Crippen molar-refractivity contribution in [1.82, 2.24) is 5.32 Å². The number of nitrogens with one attached hydrogen (secondary N) is 1. The zero-order chi connectivity index (χ0) is 16.3. The molecule has 1 N–H and O–H groups in total. The third kappa shape index (κ3) is 14.5. The summed E-state index contributed by atoms with van der Waals surface area (Å²) in [6.45, 7) is 9.73. The Labute approximate surface area is 136 Å². The molecule has 0 unspecified atom stereocenters. The molecule has 0 saturated heterocycles. The van der Waals surface area contributed by atoms with E-state index in [1.165, 1.54) is 19.3 Å². The molecule has 0 amide bonds. The summed E-state index contributed by atoms with van der Waals surface area (Å²) in [6.07, 6.45) is 22.2. The molecule has 2 nitrogen and oxygen atoms in total. The first-order chi connectivity index (χ1) is 10.8. The van der Waals surface area contributed by atoms with Gasteiger partial charge in [0.1, 0.15) is 0 Å². The molecule has 0 spiro atoms. The lowest BCUT2D eigenvalue weighted by Gasteiger charge is -1.99. The van der Waals surface area contributed by atoms with Gasteiger partial charge >= 0.3 is 0 Å². The third-order valence-electron chi connectivity index (χ3n) is 2.76. The Balaban J connectivity index is 4.20. The van der Waals surface area contributed by atoms with Gasteiger partial charge in [-0.2, -0.15) is 0 Å². The van der Waals surface area contributed by atoms with Crippen molar-refractivity contribution < 1.29 is 0 Å². The lowest BCUT2D eigenvalue weighted by molar-refractivity contribution is 0.627. The normalized spacial score (nSPS) is 12.2. The van der Waals surface area contributed by atoms with Crippen molar-refractivity contribution in [3.63, 3.8) is 0 Å². The van der Waals surface area contributed by atoms with Gasteiger partial charge in [0.2, 0.25) is 0 Å². The molecule has 0 aromatic rings. The Morgan fingerprint density at radius 3 is 2.73 bits per heavy atom. The van der Waals surface area contributed by atoms with Gasteiger partial charge in [-0.1, -0.05) is 69.7 Å². The van der Waals surface area contributed by atoms with Gasteiger partial charge in [0.15, 0.2) is 0 Å². The van der Waals surface area contributed by atoms with Crippen LogP contribution in [-0.2, 0) is 0 Å². The zero-order valence-electron chi connectivity index (χ0n) is 14.1. The van der Waals surface area contributed by atoms with Crippen LogP contribution in [0.2, 0.25) is 0 Å². The fourth-order valence-corrected chi connectivity index (χ4v) is 1.60. The molecule has 0 heterocycles. The number of hydrogen-bond donors (Lipinski definition) is 1. The summed E-state index contributed by atoms with van der Waals surface area (Å²) in [7, 11) is 0. The molecular weight excluding hydrogens is 268 g/mol. The predicted molar refractivity (Wildman–Crippen MR) is 100 cm³/mol. The minimum atomic E-state index is 0.656. The standard InChI is InChI=1S/C20H30N2/c1-4-7-9-10-11-12-13-16-20(15-6-3)18-22-19-21-17-14-8-5-2/h6-7,9-10,12-13,15-16,18,21H,3-5,8,14,17,19H2,1-2H3/b9-7-,16-13+,20-15-,22-18?. The number of nitrogens with zero attached hydrogens (tertiary/aromatic N) is 1. The highest BCUT2D eigenvalue weighted by Gasteiger charge is 1.86. The van der Waals surface area contributed by atoms with Crippen molar-refractivity contribution in [1.29, 1.82) is 0 Å². The molecule has 2 heteroatoms. The van der Waals surface area contributed by atoms with E-state index in [4.69, 9.17) is 0 Å². The quantitative estimate of drug-likeness (QED) is 0.229. The summed E-state index contributed by atoms with van der Waals surface area (Å²) in [4.78, 5) is 4.37. The second-order valence-electron chi connectivity index (χ2n) is 4.77. The molecule has 0 atom stereocenters. The molecule has 120 valence electrons. The fourth-order valence-electron chi connectivity index (χ4n) is 1.60. The topological polar surface area (TPSA) is 24.4 Å². The zero-order valence-corrected chi connectivity index (χ0v) is 14.1. The minimum Gasteiger partial charge on any atom is -0.298 e. The average Bonchev–Trinajstić information content (AvgIpc) is 2.53.